The van der Waals surface area contributed by atoms with Gasteiger partial charge in [-0.1, -0.05) is 6.07 Å². The third kappa shape index (κ3) is 2.74. The molecule has 1 fully saturated rings. The van der Waals surface area contributed by atoms with Crippen molar-refractivity contribution in [3.05, 3.63) is 51.2 Å². The van der Waals surface area contributed by atoms with Gasteiger partial charge in [-0.25, -0.2) is 9.37 Å². The molecule has 1 aromatic carbocycles. The Morgan fingerprint density at radius 3 is 3.12 bits per heavy atom. The van der Waals surface area contributed by atoms with Crippen LogP contribution in [0.5, 0.6) is 0 Å². The molecule has 1 aromatic heterocycles. The van der Waals surface area contributed by atoms with E-state index in [0.29, 0.717) is 17.8 Å². The Morgan fingerprint density at radius 1 is 1.46 bits per heavy atom. The highest BCUT2D eigenvalue weighted by molar-refractivity contribution is 7.13. The maximum Gasteiger partial charge on any atom is 0.266 e. The maximum atomic E-state index is 13.4. The van der Waals surface area contributed by atoms with Crippen molar-refractivity contribution < 1.29 is 13.9 Å². The topological polar surface area (TPSA) is 42.4 Å². The van der Waals surface area contributed by atoms with Gasteiger partial charge in [0.25, 0.3) is 5.91 Å². The summed E-state index contributed by atoms with van der Waals surface area (Å²) in [5, 5.41) is 0.892. The first-order valence-corrected chi connectivity index (χ1v) is 9.12. The highest BCUT2D eigenvalue weighted by atomic mass is 32.1. The third-order valence-corrected chi connectivity index (χ3v) is 5.92. The third-order valence-electron chi connectivity index (χ3n) is 4.85. The Labute approximate surface area is 144 Å². The zero-order valence-electron chi connectivity index (χ0n) is 13.5. The minimum atomic E-state index is -0.218. The molecule has 3 heterocycles. The van der Waals surface area contributed by atoms with Crippen molar-refractivity contribution >= 4 is 17.2 Å². The van der Waals surface area contributed by atoms with Gasteiger partial charge in [-0.05, 0) is 49.4 Å². The molecule has 1 amide bonds. The van der Waals surface area contributed by atoms with Crippen molar-refractivity contribution in [2.75, 3.05) is 13.2 Å². The summed E-state index contributed by atoms with van der Waals surface area (Å²) in [6.45, 7) is 3.36. The van der Waals surface area contributed by atoms with Gasteiger partial charge in [0.05, 0.1) is 12.2 Å². The Morgan fingerprint density at radius 2 is 2.33 bits per heavy atom. The summed E-state index contributed by atoms with van der Waals surface area (Å²) in [6, 6.07) is 4.77. The van der Waals surface area contributed by atoms with Gasteiger partial charge in [0.2, 0.25) is 0 Å². The fraction of sp³-hybridized carbons (Fsp3) is 0.444. The SMILES string of the molecule is CC1c2ccc(F)cc2CCN1C(=O)c1cnc(C2CCCO2)s1. The highest BCUT2D eigenvalue weighted by Crippen LogP contribution is 2.34. The minimum absolute atomic E-state index is 0.000720. The largest absolute Gasteiger partial charge is 0.371 e. The zero-order valence-corrected chi connectivity index (χ0v) is 14.3. The molecular weight excluding hydrogens is 327 g/mol. The number of nitrogens with zero attached hydrogens (tertiary/aromatic N) is 2. The molecular formula is C18H19FN2O2S. The van der Waals surface area contributed by atoms with Crippen molar-refractivity contribution in [1.29, 1.82) is 0 Å². The van der Waals surface area contributed by atoms with Gasteiger partial charge in [-0.15, -0.1) is 11.3 Å². The summed E-state index contributed by atoms with van der Waals surface area (Å²) in [4.78, 5) is 19.8. The van der Waals surface area contributed by atoms with Crippen LogP contribution in [0.15, 0.2) is 24.4 Å². The molecule has 4 nitrogen and oxygen atoms in total. The van der Waals surface area contributed by atoms with E-state index in [9.17, 15) is 9.18 Å². The number of carbonyl (C=O) groups is 1. The summed E-state index contributed by atoms with van der Waals surface area (Å²) in [5.74, 6) is -0.219. The number of aromatic nitrogens is 1. The predicted octanol–water partition coefficient (Wildman–Crippen LogP) is 3.89. The minimum Gasteiger partial charge on any atom is -0.371 e. The Kier molecular flexibility index (Phi) is 4.10. The molecule has 2 atom stereocenters. The Balaban J connectivity index is 1.55. The number of thiazole rings is 1. The lowest BCUT2D eigenvalue weighted by Crippen LogP contribution is -2.38. The molecule has 0 aliphatic carbocycles. The van der Waals surface area contributed by atoms with Gasteiger partial charge < -0.3 is 9.64 Å². The van der Waals surface area contributed by atoms with E-state index in [1.165, 1.54) is 17.4 Å². The molecule has 0 radical (unpaired) electrons. The van der Waals surface area contributed by atoms with Gasteiger partial charge in [0.15, 0.2) is 0 Å². The van der Waals surface area contributed by atoms with Crippen molar-refractivity contribution in [3.8, 4) is 0 Å². The lowest BCUT2D eigenvalue weighted by atomic mass is 9.93. The molecule has 2 aliphatic rings. The predicted molar refractivity (Wildman–Crippen MR) is 89.6 cm³/mol. The second-order valence-corrected chi connectivity index (χ2v) is 7.39. The molecule has 2 aliphatic heterocycles. The number of fused-ring (bicyclic) bond motifs is 1. The van der Waals surface area contributed by atoms with Crippen molar-refractivity contribution in [1.82, 2.24) is 9.88 Å². The van der Waals surface area contributed by atoms with Crippen LogP contribution in [0.2, 0.25) is 0 Å². The lowest BCUT2D eigenvalue weighted by molar-refractivity contribution is 0.0682. The van der Waals surface area contributed by atoms with Crippen LogP contribution in [0.3, 0.4) is 0 Å². The Bertz CT molecular complexity index is 770. The van der Waals surface area contributed by atoms with Crippen LogP contribution in [0.1, 0.15) is 57.7 Å². The van der Waals surface area contributed by atoms with Gasteiger partial charge in [0.1, 0.15) is 21.8 Å². The summed E-state index contributed by atoms with van der Waals surface area (Å²) >= 11 is 1.43. The smallest absolute Gasteiger partial charge is 0.266 e. The standard InChI is InChI=1S/C18H19FN2O2S/c1-11-14-5-4-13(19)9-12(14)6-7-21(11)18(22)16-10-20-17(24-16)15-3-2-8-23-15/h4-5,9-11,15H,2-3,6-8H2,1H3. The van der Waals surface area contributed by atoms with E-state index in [0.717, 1.165) is 35.6 Å². The quantitative estimate of drug-likeness (QED) is 0.828. The van der Waals surface area contributed by atoms with E-state index >= 15 is 0 Å². The average molecular weight is 346 g/mol. The molecule has 6 heteroatoms. The summed E-state index contributed by atoms with van der Waals surface area (Å²) in [5.41, 5.74) is 2.02. The number of halogens is 1. The molecule has 2 aromatic rings. The number of hydrogen-bond acceptors (Lipinski definition) is 4. The molecule has 24 heavy (non-hydrogen) atoms. The van der Waals surface area contributed by atoms with Gasteiger partial charge in [-0.2, -0.15) is 0 Å². The number of rotatable bonds is 2. The first-order valence-electron chi connectivity index (χ1n) is 8.30. The molecule has 2 unspecified atom stereocenters. The van der Waals surface area contributed by atoms with Crippen LogP contribution in [0.4, 0.5) is 4.39 Å². The van der Waals surface area contributed by atoms with E-state index in [1.54, 1.807) is 18.3 Å². The second-order valence-electron chi connectivity index (χ2n) is 6.33. The van der Waals surface area contributed by atoms with E-state index in [-0.39, 0.29) is 23.9 Å². The summed E-state index contributed by atoms with van der Waals surface area (Å²) in [7, 11) is 0. The first kappa shape index (κ1) is 15.7. The molecule has 4 rings (SSSR count). The molecule has 126 valence electrons. The number of benzene rings is 1. The van der Waals surface area contributed by atoms with Crippen LogP contribution in [-0.2, 0) is 11.2 Å². The van der Waals surface area contributed by atoms with Crippen LogP contribution in [0.25, 0.3) is 0 Å². The van der Waals surface area contributed by atoms with E-state index < -0.39 is 0 Å². The summed E-state index contributed by atoms with van der Waals surface area (Å²) < 4.78 is 19.0. The number of carbonyl (C=O) groups excluding carboxylic acids is 1. The number of hydrogen-bond donors (Lipinski definition) is 0. The monoisotopic (exact) mass is 346 g/mol. The fourth-order valence-corrected chi connectivity index (χ4v) is 4.49. The molecule has 0 N–H and O–H groups in total. The molecule has 0 saturated carbocycles. The van der Waals surface area contributed by atoms with Crippen molar-refractivity contribution in [3.63, 3.8) is 0 Å². The lowest BCUT2D eigenvalue weighted by Gasteiger charge is -2.35. The van der Waals surface area contributed by atoms with Crippen LogP contribution in [0, 0.1) is 5.82 Å². The first-order chi connectivity index (χ1) is 11.6. The van der Waals surface area contributed by atoms with Gasteiger partial charge in [0, 0.05) is 13.2 Å². The highest BCUT2D eigenvalue weighted by Gasteiger charge is 2.30. The van der Waals surface area contributed by atoms with E-state index in [2.05, 4.69) is 4.98 Å². The van der Waals surface area contributed by atoms with E-state index in [1.807, 2.05) is 11.8 Å². The molecule has 0 bridgehead atoms. The van der Waals surface area contributed by atoms with E-state index in [4.69, 9.17) is 4.74 Å². The maximum absolute atomic E-state index is 13.4. The number of amides is 1. The van der Waals surface area contributed by atoms with Crippen LogP contribution >= 0.6 is 11.3 Å². The van der Waals surface area contributed by atoms with Crippen LogP contribution < -0.4 is 0 Å². The van der Waals surface area contributed by atoms with Crippen molar-refractivity contribution in [2.24, 2.45) is 0 Å². The fourth-order valence-electron chi connectivity index (χ4n) is 3.53. The number of ether oxygens (including phenoxy) is 1. The molecule has 0 spiro atoms. The normalized spacial score (nSPS) is 23.3. The average Bonchev–Trinajstić information content (AvgIpc) is 3.26. The molecule has 1 saturated heterocycles. The Hall–Kier alpha value is -1.79. The van der Waals surface area contributed by atoms with Gasteiger partial charge in [-0.3, -0.25) is 4.79 Å². The van der Waals surface area contributed by atoms with Crippen molar-refractivity contribution in [2.45, 2.75) is 38.3 Å². The summed E-state index contributed by atoms with van der Waals surface area (Å²) in [6.07, 6.45) is 4.40. The van der Waals surface area contributed by atoms with Crippen LogP contribution in [-0.4, -0.2) is 28.9 Å². The zero-order chi connectivity index (χ0) is 16.7. The van der Waals surface area contributed by atoms with Gasteiger partial charge >= 0.3 is 0 Å². The second kappa shape index (κ2) is 6.26.